The summed E-state index contributed by atoms with van der Waals surface area (Å²) in [6, 6.07) is 22.3. The Balaban J connectivity index is 1.57. The molecule has 0 unspecified atom stereocenters. The SMILES string of the molecule is [2H]C1(c2ccc3cc4c5cc(-c6ccccc6C)[n+](C)cc5n(C)c4cc3c2)CCCCC1. The number of fused-ring (bicyclic) bond motifs is 4. The Hall–Kier alpha value is -3.13. The van der Waals surface area contributed by atoms with E-state index in [0.29, 0.717) is 0 Å². The van der Waals surface area contributed by atoms with Crippen LogP contribution in [-0.4, -0.2) is 4.57 Å². The van der Waals surface area contributed by atoms with Crippen molar-refractivity contribution in [2.75, 3.05) is 0 Å². The molecule has 1 aliphatic rings. The lowest BCUT2D eigenvalue weighted by Gasteiger charge is -2.22. The highest BCUT2D eigenvalue weighted by atomic mass is 15.0. The molecule has 0 bridgehead atoms. The molecule has 0 atom stereocenters. The second-order valence-electron chi connectivity index (χ2n) is 9.54. The standard InChI is InChI=1S/C30H31N2/c1-20-9-7-8-12-25(20)28-18-27-26-16-23-14-13-22(21-10-5-4-6-11-21)15-24(23)17-29(26)32(3)30(27)19-31(28)2/h7-9,12-19,21H,4-6,10-11H2,1-3H3/q+1/i21D. The fourth-order valence-corrected chi connectivity index (χ4v) is 5.64. The zero-order chi connectivity index (χ0) is 22.7. The van der Waals surface area contributed by atoms with Crippen molar-refractivity contribution in [2.24, 2.45) is 14.1 Å². The monoisotopic (exact) mass is 420 g/mol. The molecule has 6 rings (SSSR count). The molecule has 1 fully saturated rings. The number of nitrogens with zero attached hydrogens (tertiary/aromatic N) is 2. The lowest BCUT2D eigenvalue weighted by Crippen LogP contribution is -2.30. The van der Waals surface area contributed by atoms with Crippen LogP contribution < -0.4 is 4.57 Å². The summed E-state index contributed by atoms with van der Waals surface area (Å²) in [7, 11) is 4.31. The van der Waals surface area contributed by atoms with Crippen LogP contribution in [0.4, 0.5) is 0 Å². The lowest BCUT2D eigenvalue weighted by molar-refractivity contribution is -0.659. The molecule has 5 aromatic rings. The summed E-state index contributed by atoms with van der Waals surface area (Å²) in [6.45, 7) is 2.18. The molecule has 0 N–H and O–H groups in total. The first-order chi connectivity index (χ1) is 15.9. The Morgan fingerprint density at radius 2 is 1.66 bits per heavy atom. The number of hydrogen-bond acceptors (Lipinski definition) is 0. The first kappa shape index (κ1) is 18.4. The van der Waals surface area contributed by atoms with Crippen LogP contribution in [0.15, 0.2) is 66.9 Å². The van der Waals surface area contributed by atoms with Crippen LogP contribution in [0, 0.1) is 6.92 Å². The molecule has 0 aliphatic heterocycles. The van der Waals surface area contributed by atoms with Crippen molar-refractivity contribution in [3.63, 3.8) is 0 Å². The van der Waals surface area contributed by atoms with Gasteiger partial charge in [0.2, 0.25) is 5.69 Å². The van der Waals surface area contributed by atoms with E-state index in [9.17, 15) is 0 Å². The number of pyridine rings is 1. The summed E-state index contributed by atoms with van der Waals surface area (Å²) in [5.74, 6) is -0.420. The van der Waals surface area contributed by atoms with Gasteiger partial charge in [0.15, 0.2) is 6.20 Å². The van der Waals surface area contributed by atoms with Crippen LogP contribution in [0.2, 0.25) is 0 Å². The van der Waals surface area contributed by atoms with E-state index in [-0.39, 0.29) is 0 Å². The van der Waals surface area contributed by atoms with E-state index in [1.54, 1.807) is 0 Å². The van der Waals surface area contributed by atoms with E-state index in [0.717, 1.165) is 12.8 Å². The molecule has 1 saturated carbocycles. The number of benzene rings is 3. The number of rotatable bonds is 2. The van der Waals surface area contributed by atoms with Crippen LogP contribution in [0.25, 0.3) is 43.8 Å². The highest BCUT2D eigenvalue weighted by molar-refractivity contribution is 6.12. The Morgan fingerprint density at radius 1 is 0.875 bits per heavy atom. The average Bonchev–Trinajstić information content (AvgIpc) is 3.08. The summed E-state index contributed by atoms with van der Waals surface area (Å²) in [5, 5.41) is 5.08. The molecule has 2 nitrogen and oxygen atoms in total. The van der Waals surface area contributed by atoms with E-state index in [1.807, 2.05) is 0 Å². The summed E-state index contributed by atoms with van der Waals surface area (Å²) in [5.41, 5.74) is 7.47. The molecule has 160 valence electrons. The van der Waals surface area contributed by atoms with Gasteiger partial charge in [-0.15, -0.1) is 0 Å². The van der Waals surface area contributed by atoms with Crippen LogP contribution in [0.5, 0.6) is 0 Å². The summed E-state index contributed by atoms with van der Waals surface area (Å²) in [4.78, 5) is 0. The predicted molar refractivity (Wildman–Crippen MR) is 135 cm³/mol. The topological polar surface area (TPSA) is 8.81 Å². The Bertz CT molecular complexity index is 1540. The van der Waals surface area contributed by atoms with Crippen molar-refractivity contribution in [3.8, 4) is 11.3 Å². The first-order valence-electron chi connectivity index (χ1n) is 12.4. The third kappa shape index (κ3) is 3.04. The van der Waals surface area contributed by atoms with E-state index in [2.05, 4.69) is 97.0 Å². The molecule has 0 saturated heterocycles. The van der Waals surface area contributed by atoms with Gasteiger partial charge in [0, 0.05) is 36.3 Å². The van der Waals surface area contributed by atoms with Crippen molar-refractivity contribution in [2.45, 2.75) is 44.9 Å². The van der Waals surface area contributed by atoms with E-state index < -0.39 is 5.89 Å². The van der Waals surface area contributed by atoms with Gasteiger partial charge in [-0.1, -0.05) is 55.7 Å². The minimum Gasteiger partial charge on any atom is -0.339 e. The molecule has 3 aromatic carbocycles. The number of aryl methyl sites for hydroxylation is 3. The van der Waals surface area contributed by atoms with Gasteiger partial charge in [-0.25, -0.2) is 0 Å². The maximum Gasteiger partial charge on any atom is 0.213 e. The van der Waals surface area contributed by atoms with Crippen LogP contribution >= 0.6 is 0 Å². The van der Waals surface area contributed by atoms with E-state index in [1.165, 1.54) is 74.2 Å². The van der Waals surface area contributed by atoms with E-state index >= 15 is 0 Å². The number of aromatic nitrogens is 2. The van der Waals surface area contributed by atoms with Crippen molar-refractivity contribution >= 4 is 32.6 Å². The van der Waals surface area contributed by atoms with Gasteiger partial charge in [0.05, 0.1) is 0 Å². The van der Waals surface area contributed by atoms with Gasteiger partial charge in [-0.2, -0.15) is 4.57 Å². The van der Waals surface area contributed by atoms with Gasteiger partial charge in [0.1, 0.15) is 12.6 Å². The highest BCUT2D eigenvalue weighted by Crippen LogP contribution is 2.37. The fraction of sp³-hybridized carbons (Fsp3) is 0.300. The van der Waals surface area contributed by atoms with Crippen molar-refractivity contribution in [1.82, 2.24) is 4.57 Å². The third-order valence-corrected chi connectivity index (χ3v) is 7.51. The van der Waals surface area contributed by atoms with Crippen molar-refractivity contribution < 1.29 is 5.94 Å². The Labute approximate surface area is 191 Å². The predicted octanol–water partition coefficient (Wildman–Crippen LogP) is 7.33. The molecule has 0 radical (unpaired) electrons. The zero-order valence-electron chi connectivity index (χ0n) is 20.3. The third-order valence-electron chi connectivity index (χ3n) is 7.51. The smallest absolute Gasteiger partial charge is 0.213 e. The molecular formula is C30H31N2+. The van der Waals surface area contributed by atoms with Gasteiger partial charge < -0.3 is 4.57 Å². The minimum atomic E-state index is -0.420. The minimum absolute atomic E-state index is 0.420. The Kier molecular flexibility index (Phi) is 4.31. The number of hydrogen-bond donors (Lipinski definition) is 0. The zero-order valence-corrected chi connectivity index (χ0v) is 19.3. The van der Waals surface area contributed by atoms with Crippen molar-refractivity contribution in [1.29, 1.82) is 0 Å². The largest absolute Gasteiger partial charge is 0.339 e. The molecule has 2 heterocycles. The normalized spacial score (nSPS) is 16.7. The molecule has 2 aromatic heterocycles. The molecule has 0 amide bonds. The van der Waals surface area contributed by atoms with Crippen molar-refractivity contribution in [3.05, 3.63) is 78.0 Å². The van der Waals surface area contributed by atoms with Gasteiger partial charge >= 0.3 is 0 Å². The highest BCUT2D eigenvalue weighted by Gasteiger charge is 2.20. The van der Waals surface area contributed by atoms with Gasteiger partial charge in [-0.05, 0) is 65.8 Å². The molecule has 0 spiro atoms. The van der Waals surface area contributed by atoms with E-state index in [4.69, 9.17) is 1.37 Å². The lowest BCUT2D eigenvalue weighted by atomic mass is 9.83. The maximum atomic E-state index is 9.07. The average molecular weight is 421 g/mol. The molecule has 2 heteroatoms. The van der Waals surface area contributed by atoms with Crippen LogP contribution in [0.3, 0.4) is 0 Å². The summed E-state index contributed by atoms with van der Waals surface area (Å²) in [6.07, 6.45) is 7.83. The second-order valence-corrected chi connectivity index (χ2v) is 9.54. The fourth-order valence-electron chi connectivity index (χ4n) is 5.64. The van der Waals surface area contributed by atoms with Crippen LogP contribution in [0.1, 0.15) is 50.5 Å². The summed E-state index contributed by atoms with van der Waals surface area (Å²) >= 11 is 0. The molecule has 1 aliphatic carbocycles. The Morgan fingerprint density at radius 3 is 2.47 bits per heavy atom. The second kappa shape index (κ2) is 7.48. The molecular weight excluding hydrogens is 388 g/mol. The first-order valence-corrected chi connectivity index (χ1v) is 11.9. The molecule has 32 heavy (non-hydrogen) atoms. The van der Waals surface area contributed by atoms with Gasteiger partial charge in [0.25, 0.3) is 0 Å². The quantitative estimate of drug-likeness (QED) is 0.264. The maximum absolute atomic E-state index is 9.07. The van der Waals surface area contributed by atoms with Crippen LogP contribution in [-0.2, 0) is 14.1 Å². The summed E-state index contributed by atoms with van der Waals surface area (Å²) < 4.78 is 13.6. The van der Waals surface area contributed by atoms with Gasteiger partial charge in [-0.3, -0.25) is 0 Å².